The first-order chi connectivity index (χ1) is 31.0. The Kier molecular flexibility index (Phi) is 11.0. The van der Waals surface area contributed by atoms with Gasteiger partial charge in [0.15, 0.2) is 0 Å². The van der Waals surface area contributed by atoms with Crippen LogP contribution in [0.4, 0.5) is 5.82 Å². The molecule has 14 nitrogen and oxygen atoms in total. The molecule has 0 spiro atoms. The van der Waals surface area contributed by atoms with E-state index < -0.39 is 18.1 Å². The number of carbonyl (C=O) groups is 2. The minimum atomic E-state index is -0.834. The molecule has 2 aromatic carbocycles. The zero-order valence-corrected chi connectivity index (χ0v) is 37.1. The van der Waals surface area contributed by atoms with Gasteiger partial charge >= 0.3 is 0 Å². The number of amides is 2. The Labute approximate surface area is 375 Å². The van der Waals surface area contributed by atoms with Gasteiger partial charge in [-0.2, -0.15) is 0 Å². The summed E-state index contributed by atoms with van der Waals surface area (Å²) in [5.74, 6) is 0.177. The average molecular weight is 878 g/mol. The third-order valence-electron chi connectivity index (χ3n) is 13.1. The van der Waals surface area contributed by atoms with Crippen LogP contribution in [0.1, 0.15) is 93.1 Å². The predicted molar refractivity (Wildman–Crippen MR) is 245 cm³/mol. The van der Waals surface area contributed by atoms with E-state index in [0.29, 0.717) is 28.8 Å². The van der Waals surface area contributed by atoms with Crippen molar-refractivity contribution in [2.24, 2.45) is 5.92 Å². The summed E-state index contributed by atoms with van der Waals surface area (Å²) in [7, 11) is 0. The molecule has 1 saturated carbocycles. The standard InChI is InChI=1S/C49H51N9O5S/c1-27(2)46(49(62)57-25-35(59)20-42(57)48(61)52-28(3)30-9-11-31(12-10-30)47-29(4)51-26-64-47)44-23-37(55-63-44)32-15-17-50-45(19-32)56-18-16-33(24-56)40-22-39-41(58(40)34-13-14-34)21-38(53-54-39)36-7-5-6-8-43(36)60/h5-12,15,17,19,21-23,26-28,33-35,42,46,59-60H,13-14,16,18,20,24-25H2,1-4H3,(H,52,61)/t28-,33+,35+,42-,46+/m0/s1. The molecule has 0 radical (unpaired) electrons. The van der Waals surface area contributed by atoms with Crippen molar-refractivity contribution in [3.8, 4) is 38.7 Å². The second-order valence-electron chi connectivity index (χ2n) is 17.9. The van der Waals surface area contributed by atoms with Gasteiger partial charge in [0.2, 0.25) is 11.8 Å². The number of para-hydroxylation sites is 1. The van der Waals surface area contributed by atoms with Gasteiger partial charge in [-0.15, -0.1) is 21.5 Å². The van der Waals surface area contributed by atoms with Crippen molar-refractivity contribution in [2.75, 3.05) is 24.5 Å². The molecule has 3 N–H and O–H groups in total. The normalized spacial score (nSPS) is 19.8. The number of β-amino-alcohol motifs (C(OH)–C–C–N with tert-alkyl or cyclic N) is 1. The van der Waals surface area contributed by atoms with E-state index in [2.05, 4.69) is 47.3 Å². The topological polar surface area (TPSA) is 176 Å². The van der Waals surface area contributed by atoms with E-state index >= 15 is 0 Å². The second kappa shape index (κ2) is 16.9. The summed E-state index contributed by atoms with van der Waals surface area (Å²) >= 11 is 1.59. The van der Waals surface area contributed by atoms with Crippen LogP contribution < -0.4 is 10.2 Å². The number of phenols is 1. The van der Waals surface area contributed by atoms with E-state index in [0.717, 1.165) is 76.5 Å². The number of nitrogens with one attached hydrogen (secondary N) is 1. The molecule has 1 aliphatic carbocycles. The highest BCUT2D eigenvalue weighted by Crippen LogP contribution is 2.44. The van der Waals surface area contributed by atoms with Gasteiger partial charge in [0, 0.05) is 67.1 Å². The van der Waals surface area contributed by atoms with Crippen LogP contribution in [-0.4, -0.2) is 88.6 Å². The number of fused-ring (bicyclic) bond motifs is 1. The fourth-order valence-corrected chi connectivity index (χ4v) is 10.4. The number of aryl methyl sites for hydroxylation is 1. The van der Waals surface area contributed by atoms with E-state index in [1.54, 1.807) is 29.7 Å². The number of pyridine rings is 1. The van der Waals surface area contributed by atoms with E-state index in [1.807, 2.05) is 87.8 Å². The lowest BCUT2D eigenvalue weighted by molar-refractivity contribution is -0.141. The first-order valence-corrected chi connectivity index (χ1v) is 23.0. The molecule has 5 aromatic heterocycles. The number of aromatic hydroxyl groups is 1. The van der Waals surface area contributed by atoms with Crippen molar-refractivity contribution in [2.45, 2.75) is 89.4 Å². The van der Waals surface area contributed by atoms with Crippen LogP contribution in [0.5, 0.6) is 5.75 Å². The molecule has 328 valence electrons. The molecule has 0 unspecified atom stereocenters. The average Bonchev–Trinajstić information content (AvgIpc) is 3.81. The third kappa shape index (κ3) is 7.91. The fourth-order valence-electron chi connectivity index (χ4n) is 9.56. The largest absolute Gasteiger partial charge is 0.507 e. The van der Waals surface area contributed by atoms with Crippen molar-refractivity contribution in [1.82, 2.24) is 40.1 Å². The molecule has 3 aliphatic rings. The minimum absolute atomic E-state index is 0.0526. The zero-order valence-electron chi connectivity index (χ0n) is 36.3. The number of benzene rings is 2. The first-order valence-electron chi connectivity index (χ1n) is 22.1. The van der Waals surface area contributed by atoms with Gasteiger partial charge in [-0.25, -0.2) is 9.97 Å². The highest BCUT2D eigenvalue weighted by atomic mass is 32.1. The Balaban J connectivity index is 0.830. The van der Waals surface area contributed by atoms with Crippen LogP contribution in [-0.2, 0) is 9.59 Å². The van der Waals surface area contributed by atoms with Crippen molar-refractivity contribution in [3.63, 3.8) is 0 Å². The molecule has 10 rings (SSSR count). The third-order valence-corrected chi connectivity index (χ3v) is 14.1. The lowest BCUT2D eigenvalue weighted by atomic mass is 9.91. The number of phenolic OH excluding ortho intramolecular Hbond substituents is 1. The molecule has 15 heteroatoms. The molecule has 0 bridgehead atoms. The van der Waals surface area contributed by atoms with Crippen LogP contribution in [0.15, 0.2) is 95.1 Å². The van der Waals surface area contributed by atoms with E-state index in [4.69, 9.17) is 9.51 Å². The van der Waals surface area contributed by atoms with E-state index in [-0.39, 0.29) is 48.4 Å². The van der Waals surface area contributed by atoms with Crippen molar-refractivity contribution >= 4 is 40.0 Å². The fraction of sp³-hybridized carbons (Fsp3) is 0.367. The number of rotatable bonds is 12. The van der Waals surface area contributed by atoms with Crippen LogP contribution in [0.3, 0.4) is 0 Å². The lowest BCUT2D eigenvalue weighted by Gasteiger charge is -2.29. The number of aromatic nitrogens is 6. The molecule has 2 amide bonds. The van der Waals surface area contributed by atoms with E-state index in [9.17, 15) is 19.8 Å². The molecule has 2 saturated heterocycles. The Morgan fingerprint density at radius 1 is 0.906 bits per heavy atom. The maximum absolute atomic E-state index is 14.4. The van der Waals surface area contributed by atoms with Crippen molar-refractivity contribution in [3.05, 3.63) is 113 Å². The van der Waals surface area contributed by atoms with E-state index in [1.165, 1.54) is 10.6 Å². The van der Waals surface area contributed by atoms with Crippen LogP contribution in [0.2, 0.25) is 0 Å². The maximum Gasteiger partial charge on any atom is 0.243 e. The first kappa shape index (κ1) is 41.6. The summed E-state index contributed by atoms with van der Waals surface area (Å²) in [6.45, 7) is 9.46. The number of thiazole rings is 1. The number of aliphatic hydroxyl groups excluding tert-OH is 1. The number of hydrogen-bond donors (Lipinski definition) is 3. The summed E-state index contributed by atoms with van der Waals surface area (Å²) in [5, 5.41) is 38.0. The summed E-state index contributed by atoms with van der Waals surface area (Å²) in [6, 6.07) is 24.5. The maximum atomic E-state index is 14.4. The number of anilines is 1. The molecule has 7 heterocycles. The predicted octanol–water partition coefficient (Wildman–Crippen LogP) is 8.19. The molecule has 7 aromatic rings. The van der Waals surface area contributed by atoms with Gasteiger partial charge in [-0.05, 0) is 86.6 Å². The zero-order chi connectivity index (χ0) is 44.2. The van der Waals surface area contributed by atoms with Gasteiger partial charge in [0.25, 0.3) is 0 Å². The monoisotopic (exact) mass is 877 g/mol. The van der Waals surface area contributed by atoms with Gasteiger partial charge in [0.1, 0.15) is 40.5 Å². The van der Waals surface area contributed by atoms with Crippen molar-refractivity contribution < 1.29 is 24.3 Å². The highest BCUT2D eigenvalue weighted by Gasteiger charge is 2.44. The number of likely N-dealkylation sites (tertiary alicyclic amines) is 1. The minimum Gasteiger partial charge on any atom is -0.507 e. The Bertz CT molecular complexity index is 2850. The Morgan fingerprint density at radius 2 is 1.72 bits per heavy atom. The Morgan fingerprint density at radius 3 is 2.47 bits per heavy atom. The summed E-state index contributed by atoms with van der Waals surface area (Å²) in [6.07, 6.45) is 4.28. The quantitative estimate of drug-likeness (QED) is 0.108. The van der Waals surface area contributed by atoms with Gasteiger partial charge < -0.3 is 34.4 Å². The number of nitrogens with zero attached hydrogens (tertiary/aromatic N) is 8. The molecular formula is C49H51N9O5S. The van der Waals surface area contributed by atoms with Crippen LogP contribution >= 0.6 is 11.3 Å². The molecule has 64 heavy (non-hydrogen) atoms. The SMILES string of the molecule is Cc1ncsc1-c1ccc([C@H](C)NC(=O)[C@@H]2C[C@@H](O)CN2C(=O)[C@@H](c2cc(-c3ccnc(N4CC[C@@H](c5cc6nnc(-c7ccccc7O)cc6n5C5CC5)C4)c3)no2)C(C)C)cc1. The smallest absolute Gasteiger partial charge is 0.243 e. The highest BCUT2D eigenvalue weighted by molar-refractivity contribution is 7.13. The summed E-state index contributed by atoms with van der Waals surface area (Å²) in [4.78, 5) is 42.3. The van der Waals surface area contributed by atoms with Gasteiger partial charge in [-0.3, -0.25) is 9.59 Å². The second-order valence-corrected chi connectivity index (χ2v) is 18.7. The van der Waals surface area contributed by atoms with Crippen LogP contribution in [0, 0.1) is 12.8 Å². The summed E-state index contributed by atoms with van der Waals surface area (Å²) in [5.41, 5.74) is 10.7. The van der Waals surface area contributed by atoms with Crippen molar-refractivity contribution in [1.29, 1.82) is 0 Å². The van der Waals surface area contributed by atoms with Gasteiger partial charge in [-0.1, -0.05) is 55.4 Å². The number of carbonyl (C=O) groups excluding carboxylic acids is 2. The molecule has 3 fully saturated rings. The summed E-state index contributed by atoms with van der Waals surface area (Å²) < 4.78 is 8.38. The number of hydrogen-bond acceptors (Lipinski definition) is 12. The molecule has 2 aliphatic heterocycles. The molecular weight excluding hydrogens is 827 g/mol. The van der Waals surface area contributed by atoms with Crippen LogP contribution in [0.25, 0.3) is 44.0 Å². The molecule has 5 atom stereocenters. The van der Waals surface area contributed by atoms with Gasteiger partial charge in [0.05, 0.1) is 39.4 Å². The lowest BCUT2D eigenvalue weighted by Crippen LogP contribution is -2.48. The number of aliphatic hydroxyl groups is 1. The Hall–Kier alpha value is -6.45.